The molecule has 80 valence electrons. The fourth-order valence-corrected chi connectivity index (χ4v) is 1.99. The Hall–Kier alpha value is -1.31. The molecule has 1 N–H and O–H groups in total. The van der Waals surface area contributed by atoms with Gasteiger partial charge in [-0.05, 0) is 36.3 Å². The first-order valence-electron chi connectivity index (χ1n) is 5.51. The quantitative estimate of drug-likeness (QED) is 0.818. The van der Waals surface area contributed by atoms with Crippen LogP contribution in [0.5, 0.6) is 0 Å². The maximum atomic E-state index is 10.7. The van der Waals surface area contributed by atoms with E-state index in [1.54, 1.807) is 0 Å². The Morgan fingerprint density at radius 3 is 2.40 bits per heavy atom. The van der Waals surface area contributed by atoms with Gasteiger partial charge in [0.2, 0.25) is 0 Å². The highest BCUT2D eigenvalue weighted by Gasteiger charge is 2.42. The van der Waals surface area contributed by atoms with Crippen LogP contribution in [-0.2, 0) is 17.6 Å². The zero-order chi connectivity index (χ0) is 10.8. The minimum atomic E-state index is -0.634. The summed E-state index contributed by atoms with van der Waals surface area (Å²) in [5, 5.41) is 8.78. The molecule has 0 unspecified atom stereocenters. The molecule has 0 bridgehead atoms. The van der Waals surface area contributed by atoms with Crippen molar-refractivity contribution in [3.8, 4) is 0 Å². The van der Waals surface area contributed by atoms with Crippen molar-refractivity contribution < 1.29 is 9.90 Å². The number of rotatable bonds is 4. The second-order valence-corrected chi connectivity index (χ2v) is 4.31. The molecule has 1 aromatic rings. The lowest BCUT2D eigenvalue weighted by atomic mass is 10.0. The van der Waals surface area contributed by atoms with Crippen LogP contribution >= 0.6 is 0 Å². The highest BCUT2D eigenvalue weighted by atomic mass is 16.4. The zero-order valence-electron chi connectivity index (χ0n) is 8.94. The summed E-state index contributed by atoms with van der Waals surface area (Å²) in [6.07, 6.45) is 2.83. The van der Waals surface area contributed by atoms with Gasteiger partial charge in [-0.15, -0.1) is 0 Å². The van der Waals surface area contributed by atoms with E-state index >= 15 is 0 Å². The number of benzene rings is 1. The molecule has 1 saturated carbocycles. The van der Waals surface area contributed by atoms with Crippen molar-refractivity contribution in [3.05, 3.63) is 35.4 Å². The van der Waals surface area contributed by atoms with E-state index in [-0.39, 0.29) is 5.92 Å². The predicted molar refractivity (Wildman–Crippen MR) is 58.8 cm³/mol. The Bertz CT molecular complexity index is 353. The first-order chi connectivity index (χ1) is 7.20. The first kappa shape index (κ1) is 10.2. The Morgan fingerprint density at radius 2 is 1.93 bits per heavy atom. The Labute approximate surface area is 89.9 Å². The number of carbonyl (C=O) groups is 1. The van der Waals surface area contributed by atoms with Crippen molar-refractivity contribution in [2.75, 3.05) is 0 Å². The van der Waals surface area contributed by atoms with Crippen molar-refractivity contribution in [1.82, 2.24) is 0 Å². The molecule has 0 amide bonds. The van der Waals surface area contributed by atoms with Gasteiger partial charge in [-0.1, -0.05) is 31.2 Å². The normalized spacial score (nSPS) is 23.8. The summed E-state index contributed by atoms with van der Waals surface area (Å²) in [4.78, 5) is 10.7. The van der Waals surface area contributed by atoms with Crippen LogP contribution in [0, 0.1) is 11.8 Å². The van der Waals surface area contributed by atoms with E-state index < -0.39 is 5.97 Å². The molecule has 1 aromatic carbocycles. The van der Waals surface area contributed by atoms with E-state index in [1.165, 1.54) is 11.1 Å². The Balaban J connectivity index is 1.92. The summed E-state index contributed by atoms with van der Waals surface area (Å²) >= 11 is 0. The van der Waals surface area contributed by atoms with E-state index in [9.17, 15) is 4.79 Å². The van der Waals surface area contributed by atoms with Crippen LogP contribution in [0.25, 0.3) is 0 Å². The summed E-state index contributed by atoms with van der Waals surface area (Å²) in [5.74, 6) is -0.351. The van der Waals surface area contributed by atoms with Crippen LogP contribution in [0.1, 0.15) is 24.5 Å². The molecular weight excluding hydrogens is 188 g/mol. The lowest BCUT2D eigenvalue weighted by Crippen LogP contribution is -2.01. The molecule has 2 atom stereocenters. The summed E-state index contributed by atoms with van der Waals surface area (Å²) in [5.41, 5.74) is 2.60. The minimum absolute atomic E-state index is 0.0872. The molecule has 0 aliphatic heterocycles. The van der Waals surface area contributed by atoms with Crippen LogP contribution in [0.3, 0.4) is 0 Å². The van der Waals surface area contributed by atoms with Gasteiger partial charge in [-0.2, -0.15) is 0 Å². The van der Waals surface area contributed by atoms with Gasteiger partial charge in [0, 0.05) is 0 Å². The molecular formula is C13H16O2. The van der Waals surface area contributed by atoms with E-state index in [1.807, 2.05) is 0 Å². The molecule has 2 nitrogen and oxygen atoms in total. The van der Waals surface area contributed by atoms with Crippen LogP contribution in [-0.4, -0.2) is 11.1 Å². The highest BCUT2D eigenvalue weighted by molar-refractivity contribution is 5.73. The second-order valence-electron chi connectivity index (χ2n) is 4.31. The van der Waals surface area contributed by atoms with Crippen molar-refractivity contribution >= 4 is 5.97 Å². The summed E-state index contributed by atoms with van der Waals surface area (Å²) in [7, 11) is 0. The first-order valence-corrected chi connectivity index (χ1v) is 5.51. The number of hydrogen-bond acceptors (Lipinski definition) is 1. The van der Waals surface area contributed by atoms with Crippen LogP contribution in [0.2, 0.25) is 0 Å². The second kappa shape index (κ2) is 4.05. The molecule has 0 saturated heterocycles. The maximum Gasteiger partial charge on any atom is 0.306 e. The zero-order valence-corrected chi connectivity index (χ0v) is 8.94. The molecule has 0 radical (unpaired) electrons. The molecule has 1 fully saturated rings. The smallest absolute Gasteiger partial charge is 0.306 e. The van der Waals surface area contributed by atoms with Gasteiger partial charge in [0.25, 0.3) is 0 Å². The Morgan fingerprint density at radius 1 is 1.33 bits per heavy atom. The summed E-state index contributed by atoms with van der Waals surface area (Å²) in [6.45, 7) is 2.14. The van der Waals surface area contributed by atoms with Gasteiger partial charge in [0.05, 0.1) is 5.92 Å². The van der Waals surface area contributed by atoms with E-state index in [4.69, 9.17) is 5.11 Å². The third-order valence-corrected chi connectivity index (χ3v) is 3.17. The van der Waals surface area contributed by atoms with Crippen LogP contribution < -0.4 is 0 Å². The molecule has 2 rings (SSSR count). The van der Waals surface area contributed by atoms with Crippen molar-refractivity contribution in [3.63, 3.8) is 0 Å². The van der Waals surface area contributed by atoms with Gasteiger partial charge in [0.1, 0.15) is 0 Å². The van der Waals surface area contributed by atoms with Crippen molar-refractivity contribution in [2.45, 2.75) is 26.2 Å². The standard InChI is InChI=1S/C13H16O2/c1-2-9-3-5-10(6-4-9)7-11-8-12(11)13(14)15/h3-6,11-12H,2,7-8H2,1H3,(H,14,15)/t11-,12+/m1/s1. The Kier molecular flexibility index (Phi) is 2.76. The maximum absolute atomic E-state index is 10.7. The number of hydrogen-bond donors (Lipinski definition) is 1. The van der Waals surface area contributed by atoms with Crippen molar-refractivity contribution in [2.24, 2.45) is 11.8 Å². The van der Waals surface area contributed by atoms with E-state index in [0.29, 0.717) is 5.92 Å². The highest BCUT2D eigenvalue weighted by Crippen LogP contribution is 2.41. The number of aryl methyl sites for hydroxylation is 1. The van der Waals surface area contributed by atoms with E-state index in [0.717, 1.165) is 19.3 Å². The fourth-order valence-electron chi connectivity index (χ4n) is 1.99. The van der Waals surface area contributed by atoms with Gasteiger partial charge in [0.15, 0.2) is 0 Å². The number of carboxylic acids is 1. The topological polar surface area (TPSA) is 37.3 Å². The van der Waals surface area contributed by atoms with Crippen LogP contribution in [0.4, 0.5) is 0 Å². The third-order valence-electron chi connectivity index (χ3n) is 3.17. The van der Waals surface area contributed by atoms with Gasteiger partial charge in [-0.3, -0.25) is 4.79 Å². The average molecular weight is 204 g/mol. The lowest BCUT2D eigenvalue weighted by molar-refractivity contribution is -0.138. The fraction of sp³-hybridized carbons (Fsp3) is 0.462. The SMILES string of the molecule is CCc1ccc(C[C@@H]2C[C@@H]2C(=O)O)cc1. The summed E-state index contributed by atoms with van der Waals surface area (Å²) in [6, 6.07) is 8.51. The van der Waals surface area contributed by atoms with Gasteiger partial charge >= 0.3 is 5.97 Å². The predicted octanol–water partition coefficient (Wildman–Crippen LogP) is 2.51. The monoisotopic (exact) mass is 204 g/mol. The van der Waals surface area contributed by atoms with Gasteiger partial charge in [-0.25, -0.2) is 0 Å². The van der Waals surface area contributed by atoms with Crippen molar-refractivity contribution in [1.29, 1.82) is 0 Å². The minimum Gasteiger partial charge on any atom is -0.481 e. The van der Waals surface area contributed by atoms with E-state index in [2.05, 4.69) is 31.2 Å². The largest absolute Gasteiger partial charge is 0.481 e. The molecule has 1 aliphatic carbocycles. The molecule has 15 heavy (non-hydrogen) atoms. The third kappa shape index (κ3) is 2.38. The summed E-state index contributed by atoms with van der Waals surface area (Å²) < 4.78 is 0. The molecule has 0 heterocycles. The van der Waals surface area contributed by atoms with Crippen LogP contribution in [0.15, 0.2) is 24.3 Å². The van der Waals surface area contributed by atoms with Gasteiger partial charge < -0.3 is 5.11 Å². The molecule has 0 aromatic heterocycles. The molecule has 1 aliphatic rings. The number of carboxylic acid groups (broad SMARTS) is 1. The lowest BCUT2D eigenvalue weighted by Gasteiger charge is -2.01. The number of aliphatic carboxylic acids is 1. The molecule has 2 heteroatoms. The molecule has 0 spiro atoms. The average Bonchev–Trinajstić information content (AvgIpc) is 2.98.